The van der Waals surface area contributed by atoms with Crippen LogP contribution in [-0.4, -0.2) is 9.97 Å². The van der Waals surface area contributed by atoms with Crippen LogP contribution in [0.3, 0.4) is 0 Å². The van der Waals surface area contributed by atoms with E-state index in [4.69, 9.17) is 0 Å². The van der Waals surface area contributed by atoms with E-state index in [1.54, 1.807) is 6.20 Å². The zero-order chi connectivity index (χ0) is 11.7. The lowest BCUT2D eigenvalue weighted by Crippen LogP contribution is -1.85. The number of pyridine rings is 1. The van der Waals surface area contributed by atoms with Crippen LogP contribution in [0.25, 0.3) is 16.5 Å². The fraction of sp³-hybridized carbons (Fsp3) is 0. The minimum atomic E-state index is 0.996. The van der Waals surface area contributed by atoms with Crippen LogP contribution >= 0.6 is 0 Å². The van der Waals surface area contributed by atoms with Gasteiger partial charge >= 0.3 is 0 Å². The van der Waals surface area contributed by atoms with E-state index in [1.807, 2.05) is 36.7 Å². The topological polar surface area (TPSA) is 28.7 Å². The zero-order valence-corrected chi connectivity index (χ0v) is 9.35. The molecule has 1 aromatic carbocycles. The van der Waals surface area contributed by atoms with Crippen molar-refractivity contribution >= 4 is 16.5 Å². The number of aromatic nitrogens is 2. The summed E-state index contributed by atoms with van der Waals surface area (Å²) in [7, 11) is 0. The number of hydrogen-bond acceptors (Lipinski definition) is 1. The standard InChI is InChI=1S/C15H12N2/c1-11(12-5-4-8-16-9-12)14-10-17-15-7-3-2-6-13(14)15/h2-10,17H,1H2. The summed E-state index contributed by atoms with van der Waals surface area (Å²) in [6.07, 6.45) is 5.61. The van der Waals surface area contributed by atoms with Gasteiger partial charge in [-0.05, 0) is 17.7 Å². The zero-order valence-electron chi connectivity index (χ0n) is 9.35. The summed E-state index contributed by atoms with van der Waals surface area (Å²) in [5.41, 5.74) is 4.31. The first-order valence-electron chi connectivity index (χ1n) is 5.52. The maximum atomic E-state index is 4.16. The van der Waals surface area contributed by atoms with Gasteiger partial charge in [0.1, 0.15) is 0 Å². The van der Waals surface area contributed by atoms with Crippen molar-refractivity contribution in [3.63, 3.8) is 0 Å². The number of hydrogen-bond donors (Lipinski definition) is 1. The third-order valence-electron chi connectivity index (χ3n) is 2.92. The number of H-pyrrole nitrogens is 1. The molecule has 3 aromatic rings. The Kier molecular flexibility index (Phi) is 2.26. The number of nitrogens with zero attached hydrogens (tertiary/aromatic N) is 1. The lowest BCUT2D eigenvalue weighted by atomic mass is 10.0. The molecule has 3 rings (SSSR count). The van der Waals surface area contributed by atoms with Gasteiger partial charge in [0.15, 0.2) is 0 Å². The Bertz CT molecular complexity index is 665. The minimum Gasteiger partial charge on any atom is -0.361 e. The Morgan fingerprint density at radius 1 is 1.12 bits per heavy atom. The Labute approximate surface area is 99.6 Å². The molecule has 0 aliphatic carbocycles. The van der Waals surface area contributed by atoms with Gasteiger partial charge in [0, 0.05) is 40.6 Å². The van der Waals surface area contributed by atoms with Crippen LogP contribution in [0.2, 0.25) is 0 Å². The van der Waals surface area contributed by atoms with E-state index in [9.17, 15) is 0 Å². The molecule has 2 nitrogen and oxygen atoms in total. The summed E-state index contributed by atoms with van der Waals surface area (Å²) < 4.78 is 0. The molecular weight excluding hydrogens is 208 g/mol. The predicted molar refractivity (Wildman–Crippen MR) is 70.7 cm³/mol. The summed E-state index contributed by atoms with van der Waals surface area (Å²) in [5.74, 6) is 0. The average Bonchev–Trinajstić information content (AvgIpc) is 2.83. The second-order valence-electron chi connectivity index (χ2n) is 3.97. The molecule has 0 amide bonds. The molecule has 82 valence electrons. The van der Waals surface area contributed by atoms with Gasteiger partial charge in [-0.25, -0.2) is 0 Å². The summed E-state index contributed by atoms with van der Waals surface area (Å²) in [4.78, 5) is 7.38. The highest BCUT2D eigenvalue weighted by molar-refractivity contribution is 5.96. The van der Waals surface area contributed by atoms with E-state index in [0.29, 0.717) is 0 Å². The highest BCUT2D eigenvalue weighted by Gasteiger charge is 2.07. The molecule has 0 radical (unpaired) electrons. The van der Waals surface area contributed by atoms with E-state index in [-0.39, 0.29) is 0 Å². The Balaban J connectivity index is 2.14. The van der Waals surface area contributed by atoms with Crippen molar-refractivity contribution in [2.75, 3.05) is 0 Å². The Hall–Kier alpha value is -2.35. The summed E-state index contributed by atoms with van der Waals surface area (Å²) in [6.45, 7) is 4.16. The first-order chi connectivity index (χ1) is 8.36. The van der Waals surface area contributed by atoms with Crippen molar-refractivity contribution in [1.82, 2.24) is 9.97 Å². The second-order valence-corrected chi connectivity index (χ2v) is 3.97. The monoisotopic (exact) mass is 220 g/mol. The third kappa shape index (κ3) is 1.64. The smallest absolute Gasteiger partial charge is 0.0460 e. The van der Waals surface area contributed by atoms with Crippen LogP contribution in [0, 0.1) is 0 Å². The molecule has 0 spiro atoms. The van der Waals surface area contributed by atoms with Crippen LogP contribution in [-0.2, 0) is 0 Å². The fourth-order valence-electron chi connectivity index (χ4n) is 2.02. The lowest BCUT2D eigenvalue weighted by Gasteiger charge is -2.03. The van der Waals surface area contributed by atoms with E-state index in [0.717, 1.165) is 22.2 Å². The quantitative estimate of drug-likeness (QED) is 0.702. The molecule has 0 unspecified atom stereocenters. The van der Waals surface area contributed by atoms with Crippen LogP contribution in [0.5, 0.6) is 0 Å². The van der Waals surface area contributed by atoms with E-state index >= 15 is 0 Å². The van der Waals surface area contributed by atoms with E-state index in [2.05, 4.69) is 28.7 Å². The highest BCUT2D eigenvalue weighted by atomic mass is 14.7. The first kappa shape index (κ1) is 9.85. The summed E-state index contributed by atoms with van der Waals surface area (Å²) >= 11 is 0. The summed E-state index contributed by atoms with van der Waals surface area (Å²) in [5, 5.41) is 1.20. The van der Waals surface area contributed by atoms with Crippen molar-refractivity contribution in [3.8, 4) is 0 Å². The number of para-hydroxylation sites is 1. The van der Waals surface area contributed by atoms with Gasteiger partial charge in [-0.15, -0.1) is 0 Å². The lowest BCUT2D eigenvalue weighted by molar-refractivity contribution is 1.31. The van der Waals surface area contributed by atoms with Crippen molar-refractivity contribution in [2.24, 2.45) is 0 Å². The number of fused-ring (bicyclic) bond motifs is 1. The molecule has 0 saturated carbocycles. The molecule has 0 fully saturated rings. The first-order valence-corrected chi connectivity index (χ1v) is 5.52. The van der Waals surface area contributed by atoms with Gasteiger partial charge in [-0.3, -0.25) is 4.98 Å². The highest BCUT2D eigenvalue weighted by Crippen LogP contribution is 2.27. The van der Waals surface area contributed by atoms with Gasteiger partial charge in [0.2, 0.25) is 0 Å². The number of rotatable bonds is 2. The average molecular weight is 220 g/mol. The maximum absolute atomic E-state index is 4.16. The molecule has 2 heteroatoms. The molecule has 0 saturated heterocycles. The molecule has 2 heterocycles. The molecule has 17 heavy (non-hydrogen) atoms. The van der Waals surface area contributed by atoms with Gasteiger partial charge in [-0.2, -0.15) is 0 Å². The SMILES string of the molecule is C=C(c1cccnc1)c1c[nH]c2ccccc12. The molecule has 0 bridgehead atoms. The third-order valence-corrected chi connectivity index (χ3v) is 2.92. The number of nitrogens with one attached hydrogen (secondary N) is 1. The second kappa shape index (κ2) is 3.91. The van der Waals surface area contributed by atoms with Gasteiger partial charge in [0.25, 0.3) is 0 Å². The normalized spacial score (nSPS) is 10.6. The van der Waals surface area contributed by atoms with Crippen LogP contribution in [0.1, 0.15) is 11.1 Å². The molecular formula is C15H12N2. The van der Waals surface area contributed by atoms with Crippen molar-refractivity contribution in [3.05, 3.63) is 72.7 Å². The van der Waals surface area contributed by atoms with Gasteiger partial charge < -0.3 is 4.98 Å². The molecule has 1 N–H and O–H groups in total. The maximum Gasteiger partial charge on any atom is 0.0460 e. The van der Waals surface area contributed by atoms with E-state index in [1.165, 1.54) is 5.39 Å². The molecule has 0 atom stereocenters. The van der Waals surface area contributed by atoms with Gasteiger partial charge in [-0.1, -0.05) is 30.8 Å². The molecule has 0 aliphatic rings. The van der Waals surface area contributed by atoms with E-state index < -0.39 is 0 Å². The van der Waals surface area contributed by atoms with Crippen LogP contribution < -0.4 is 0 Å². The number of benzene rings is 1. The Morgan fingerprint density at radius 2 is 2.00 bits per heavy atom. The van der Waals surface area contributed by atoms with Crippen LogP contribution in [0.15, 0.2) is 61.6 Å². The van der Waals surface area contributed by atoms with Crippen LogP contribution in [0.4, 0.5) is 0 Å². The molecule has 2 aromatic heterocycles. The minimum absolute atomic E-state index is 0.996. The summed E-state index contributed by atoms with van der Waals surface area (Å²) in [6, 6.07) is 12.2. The van der Waals surface area contributed by atoms with Crippen molar-refractivity contribution in [1.29, 1.82) is 0 Å². The molecule has 0 aliphatic heterocycles. The predicted octanol–water partition coefficient (Wildman–Crippen LogP) is 3.62. The number of aromatic amines is 1. The fourth-order valence-corrected chi connectivity index (χ4v) is 2.02. The van der Waals surface area contributed by atoms with Gasteiger partial charge in [0.05, 0.1) is 0 Å². The Morgan fingerprint density at radius 3 is 2.82 bits per heavy atom. The van der Waals surface area contributed by atoms with Crippen molar-refractivity contribution in [2.45, 2.75) is 0 Å². The van der Waals surface area contributed by atoms with Crippen molar-refractivity contribution < 1.29 is 0 Å². The largest absolute Gasteiger partial charge is 0.361 e.